The van der Waals surface area contributed by atoms with Crippen LogP contribution in [0.25, 0.3) is 16.8 Å². The molecule has 0 radical (unpaired) electrons. The number of aromatic nitrogens is 5. The van der Waals surface area contributed by atoms with Crippen LogP contribution < -0.4 is 5.32 Å². The molecule has 2 heterocycles. The maximum atomic E-state index is 13.6. The smallest absolute Gasteiger partial charge is 0.251 e. The number of halogens is 2. The molecule has 0 bridgehead atoms. The summed E-state index contributed by atoms with van der Waals surface area (Å²) in [5.74, 6) is -0.0129. The predicted octanol–water partition coefficient (Wildman–Crippen LogP) is 5.19. The van der Waals surface area contributed by atoms with E-state index in [0.717, 1.165) is 5.01 Å². The molecule has 164 valence electrons. The first kappa shape index (κ1) is 22.0. The number of carbonyl (C=O) groups excluding carboxylic acids is 1. The summed E-state index contributed by atoms with van der Waals surface area (Å²) in [5, 5.41) is 17.9. The van der Waals surface area contributed by atoms with Gasteiger partial charge < -0.3 is 5.32 Å². The Morgan fingerprint density at radius 2 is 2.00 bits per heavy atom. The van der Waals surface area contributed by atoms with E-state index in [-0.39, 0.29) is 22.9 Å². The topological polar surface area (TPSA) is 85.6 Å². The lowest BCUT2D eigenvalue weighted by molar-refractivity contribution is 0.0940. The van der Waals surface area contributed by atoms with E-state index in [1.54, 1.807) is 29.1 Å². The van der Waals surface area contributed by atoms with Gasteiger partial charge in [-0.05, 0) is 59.3 Å². The van der Waals surface area contributed by atoms with Gasteiger partial charge in [-0.15, -0.1) is 16.4 Å². The molecule has 0 aliphatic heterocycles. The van der Waals surface area contributed by atoms with Crippen LogP contribution in [0.4, 0.5) is 4.39 Å². The Labute approximate surface area is 193 Å². The summed E-state index contributed by atoms with van der Waals surface area (Å²) in [6.45, 7) is 5.83. The van der Waals surface area contributed by atoms with Gasteiger partial charge >= 0.3 is 0 Å². The van der Waals surface area contributed by atoms with E-state index >= 15 is 0 Å². The summed E-state index contributed by atoms with van der Waals surface area (Å²) in [5.41, 5.74) is 2.23. The van der Waals surface area contributed by atoms with Crippen LogP contribution in [0.5, 0.6) is 0 Å². The molecular formula is C22H20ClFN6OS. The molecule has 0 aliphatic rings. The van der Waals surface area contributed by atoms with E-state index in [1.165, 1.54) is 23.5 Å². The SMILES string of the molecule is CC(C)c1nnnn1-c1cc(C(=O)NC(C)c2nccs2)cc(-c2ccc(F)cc2Cl)c1. The summed E-state index contributed by atoms with van der Waals surface area (Å²) < 4.78 is 15.2. The van der Waals surface area contributed by atoms with Crippen LogP contribution in [0.2, 0.25) is 5.02 Å². The van der Waals surface area contributed by atoms with Crippen LogP contribution in [0.15, 0.2) is 48.0 Å². The zero-order valence-electron chi connectivity index (χ0n) is 17.6. The zero-order chi connectivity index (χ0) is 22.8. The monoisotopic (exact) mass is 470 g/mol. The number of hydrogen-bond donors (Lipinski definition) is 1. The van der Waals surface area contributed by atoms with Crippen LogP contribution >= 0.6 is 22.9 Å². The standard InChI is InChI=1S/C22H20ClFN6OS/c1-12(2)20-27-28-29-30(20)17-9-14(18-5-4-16(24)11-19(18)23)8-15(10-17)21(31)26-13(3)22-25-6-7-32-22/h4-13H,1-3H3,(H,26,31). The average Bonchev–Trinajstić information content (AvgIpc) is 3.45. The van der Waals surface area contributed by atoms with Gasteiger partial charge in [0.25, 0.3) is 5.91 Å². The van der Waals surface area contributed by atoms with Crippen LogP contribution in [0.1, 0.15) is 53.9 Å². The molecule has 0 fully saturated rings. The molecule has 0 spiro atoms. The van der Waals surface area contributed by atoms with Crippen molar-refractivity contribution in [1.29, 1.82) is 0 Å². The van der Waals surface area contributed by atoms with E-state index in [4.69, 9.17) is 11.6 Å². The molecule has 4 rings (SSSR count). The number of rotatable bonds is 6. The Kier molecular flexibility index (Phi) is 6.29. The molecule has 0 aliphatic carbocycles. The fraction of sp³-hybridized carbons (Fsp3) is 0.227. The third-order valence-electron chi connectivity index (χ3n) is 4.85. The Morgan fingerprint density at radius 1 is 1.19 bits per heavy atom. The van der Waals surface area contributed by atoms with Gasteiger partial charge in [0.15, 0.2) is 5.82 Å². The molecule has 1 atom stereocenters. The van der Waals surface area contributed by atoms with Crippen LogP contribution in [-0.2, 0) is 0 Å². The summed E-state index contributed by atoms with van der Waals surface area (Å²) in [7, 11) is 0. The van der Waals surface area contributed by atoms with Crippen molar-refractivity contribution in [2.24, 2.45) is 0 Å². The number of thiazole rings is 1. The highest BCUT2D eigenvalue weighted by Crippen LogP contribution is 2.31. The third kappa shape index (κ3) is 4.53. The molecular weight excluding hydrogens is 451 g/mol. The third-order valence-corrected chi connectivity index (χ3v) is 6.12. The molecule has 0 saturated carbocycles. The number of tetrazole rings is 1. The Bertz CT molecular complexity index is 1260. The average molecular weight is 471 g/mol. The van der Waals surface area contributed by atoms with E-state index in [0.29, 0.717) is 28.2 Å². The van der Waals surface area contributed by atoms with Crippen molar-refractivity contribution >= 4 is 28.8 Å². The highest BCUT2D eigenvalue weighted by molar-refractivity contribution is 7.09. The quantitative estimate of drug-likeness (QED) is 0.419. The van der Waals surface area contributed by atoms with Crippen molar-refractivity contribution in [2.75, 3.05) is 0 Å². The second-order valence-electron chi connectivity index (χ2n) is 7.56. The largest absolute Gasteiger partial charge is 0.343 e. The maximum absolute atomic E-state index is 13.6. The highest BCUT2D eigenvalue weighted by Gasteiger charge is 2.19. The molecule has 2 aromatic carbocycles. The molecule has 4 aromatic rings. The number of nitrogens with one attached hydrogen (secondary N) is 1. The minimum absolute atomic E-state index is 0.0604. The van der Waals surface area contributed by atoms with Crippen molar-refractivity contribution in [3.05, 3.63) is 75.2 Å². The molecule has 7 nitrogen and oxygen atoms in total. The minimum atomic E-state index is -0.437. The molecule has 0 saturated heterocycles. The fourth-order valence-electron chi connectivity index (χ4n) is 3.27. The lowest BCUT2D eigenvalue weighted by Gasteiger charge is -2.15. The second-order valence-corrected chi connectivity index (χ2v) is 8.90. The molecule has 1 amide bonds. The van der Waals surface area contributed by atoms with Gasteiger partial charge in [0.05, 0.1) is 16.8 Å². The fourth-order valence-corrected chi connectivity index (χ4v) is 4.19. The van der Waals surface area contributed by atoms with Crippen LogP contribution in [0.3, 0.4) is 0 Å². The van der Waals surface area contributed by atoms with Crippen molar-refractivity contribution in [3.63, 3.8) is 0 Å². The molecule has 10 heteroatoms. The van der Waals surface area contributed by atoms with Crippen molar-refractivity contribution in [1.82, 2.24) is 30.5 Å². The van der Waals surface area contributed by atoms with Gasteiger partial charge in [-0.25, -0.2) is 9.37 Å². The van der Waals surface area contributed by atoms with E-state index < -0.39 is 5.82 Å². The first-order valence-corrected chi connectivity index (χ1v) is 11.2. The number of hydrogen-bond acceptors (Lipinski definition) is 6. The molecule has 1 unspecified atom stereocenters. The zero-order valence-corrected chi connectivity index (χ0v) is 19.2. The van der Waals surface area contributed by atoms with E-state index in [9.17, 15) is 9.18 Å². The van der Waals surface area contributed by atoms with Crippen molar-refractivity contribution in [3.8, 4) is 16.8 Å². The normalized spacial score (nSPS) is 12.2. The summed E-state index contributed by atoms with van der Waals surface area (Å²) >= 11 is 7.78. The number of benzene rings is 2. The first-order valence-electron chi connectivity index (χ1n) is 9.93. The van der Waals surface area contributed by atoms with Gasteiger partial charge in [0, 0.05) is 28.6 Å². The van der Waals surface area contributed by atoms with E-state index in [2.05, 4.69) is 25.8 Å². The van der Waals surface area contributed by atoms with E-state index in [1.807, 2.05) is 32.2 Å². The lowest BCUT2D eigenvalue weighted by Crippen LogP contribution is -2.26. The van der Waals surface area contributed by atoms with Gasteiger partial charge in [0.2, 0.25) is 0 Å². The lowest BCUT2D eigenvalue weighted by atomic mass is 10.0. The Morgan fingerprint density at radius 3 is 2.69 bits per heavy atom. The molecule has 1 N–H and O–H groups in total. The van der Waals surface area contributed by atoms with Gasteiger partial charge in [0.1, 0.15) is 10.8 Å². The Hall–Kier alpha value is -3.17. The van der Waals surface area contributed by atoms with Gasteiger partial charge in [-0.1, -0.05) is 25.4 Å². The number of nitrogens with zero attached hydrogens (tertiary/aromatic N) is 5. The number of carbonyl (C=O) groups is 1. The predicted molar refractivity (Wildman–Crippen MR) is 122 cm³/mol. The number of amides is 1. The second kappa shape index (κ2) is 9.13. The summed E-state index contributed by atoms with van der Waals surface area (Å²) in [6, 6.07) is 9.14. The summed E-state index contributed by atoms with van der Waals surface area (Å²) in [4.78, 5) is 17.4. The van der Waals surface area contributed by atoms with Gasteiger partial charge in [-0.2, -0.15) is 4.68 Å². The Balaban J connectivity index is 1.80. The van der Waals surface area contributed by atoms with Crippen molar-refractivity contribution in [2.45, 2.75) is 32.7 Å². The first-order chi connectivity index (χ1) is 15.3. The maximum Gasteiger partial charge on any atom is 0.251 e. The molecule has 2 aromatic heterocycles. The molecule has 32 heavy (non-hydrogen) atoms. The highest BCUT2D eigenvalue weighted by atomic mass is 35.5. The summed E-state index contributed by atoms with van der Waals surface area (Å²) in [6.07, 6.45) is 1.70. The van der Waals surface area contributed by atoms with Crippen molar-refractivity contribution < 1.29 is 9.18 Å². The van der Waals surface area contributed by atoms with Crippen LogP contribution in [0, 0.1) is 5.82 Å². The minimum Gasteiger partial charge on any atom is -0.343 e. The van der Waals surface area contributed by atoms with Crippen LogP contribution in [-0.4, -0.2) is 31.1 Å². The van der Waals surface area contributed by atoms with Gasteiger partial charge in [-0.3, -0.25) is 4.79 Å².